The number of hydrogen-bond acceptors (Lipinski definition) is 4. The van der Waals surface area contributed by atoms with Gasteiger partial charge in [0.1, 0.15) is 10.4 Å². The molecule has 2 N–H and O–H groups in total. The van der Waals surface area contributed by atoms with Crippen LogP contribution in [0.3, 0.4) is 0 Å². The maximum Gasteiger partial charge on any atom is 0.433 e. The van der Waals surface area contributed by atoms with Gasteiger partial charge in [0.15, 0.2) is 0 Å². The Kier molecular flexibility index (Phi) is 8.63. The maximum absolute atomic E-state index is 15.2. The molecule has 15 heteroatoms. The summed E-state index contributed by atoms with van der Waals surface area (Å²) in [7, 11) is 0. The molecule has 41 heavy (non-hydrogen) atoms. The fourth-order valence-corrected chi connectivity index (χ4v) is 5.43. The highest BCUT2D eigenvalue weighted by Gasteiger charge is 2.82. The van der Waals surface area contributed by atoms with E-state index in [1.54, 1.807) is 13.0 Å². The Morgan fingerprint density at radius 3 is 2.15 bits per heavy atom. The van der Waals surface area contributed by atoms with Crippen LogP contribution >= 0.6 is 27.5 Å². The van der Waals surface area contributed by atoms with Crippen molar-refractivity contribution < 1.29 is 40.3 Å². The summed E-state index contributed by atoms with van der Waals surface area (Å²) in [5.74, 6) is -2.05. The number of nitriles is 2. The first-order valence-corrected chi connectivity index (χ1v) is 12.3. The van der Waals surface area contributed by atoms with Crippen LogP contribution in [0.1, 0.15) is 37.4 Å². The monoisotopic (exact) mass is 662 g/mol. The molecule has 2 unspecified atom stereocenters. The van der Waals surface area contributed by atoms with Gasteiger partial charge in [-0.25, -0.2) is 4.39 Å². The third kappa shape index (κ3) is 5.67. The van der Waals surface area contributed by atoms with Gasteiger partial charge in [0.25, 0.3) is 11.8 Å². The normalized spacial score (nSPS) is 19.0. The number of carbonyl (C=O) groups is 2. The molecule has 214 valence electrons. The second kappa shape index (κ2) is 11.2. The van der Waals surface area contributed by atoms with Gasteiger partial charge in [-0.2, -0.15) is 36.9 Å². The van der Waals surface area contributed by atoms with Crippen LogP contribution < -0.4 is 10.6 Å². The predicted octanol–water partition coefficient (Wildman–Crippen LogP) is 6.75. The molecule has 1 aliphatic carbocycles. The summed E-state index contributed by atoms with van der Waals surface area (Å²) in [6, 6.07) is 8.43. The Bertz CT molecular complexity index is 1540. The molecule has 0 aromatic heterocycles. The number of halogens is 9. The number of allylic oxidation sites excluding steroid dienone is 2. The Labute approximate surface area is 241 Å². The summed E-state index contributed by atoms with van der Waals surface area (Å²) in [5.41, 5.74) is -5.92. The Morgan fingerprint density at radius 1 is 0.976 bits per heavy atom. The van der Waals surface area contributed by atoms with Crippen molar-refractivity contribution >= 4 is 45.0 Å². The third-order valence-electron chi connectivity index (χ3n) is 6.13. The summed E-state index contributed by atoms with van der Waals surface area (Å²) in [4.78, 5) is 25.9. The van der Waals surface area contributed by atoms with Crippen molar-refractivity contribution in [3.63, 3.8) is 0 Å². The van der Waals surface area contributed by atoms with Gasteiger partial charge in [0.2, 0.25) is 0 Å². The molecule has 6 nitrogen and oxygen atoms in total. The zero-order valence-corrected chi connectivity index (χ0v) is 22.7. The summed E-state index contributed by atoms with van der Waals surface area (Å²) in [6.45, 7) is 1.54. The lowest BCUT2D eigenvalue weighted by Gasteiger charge is -2.46. The largest absolute Gasteiger partial charge is 0.433 e. The van der Waals surface area contributed by atoms with Crippen LogP contribution in [0.2, 0.25) is 0 Å². The first-order chi connectivity index (χ1) is 18.9. The molecule has 2 amide bonds. The number of benzene rings is 2. The molecule has 2 atom stereocenters. The predicted molar refractivity (Wildman–Crippen MR) is 137 cm³/mol. The highest BCUT2D eigenvalue weighted by atomic mass is 79.9. The van der Waals surface area contributed by atoms with Gasteiger partial charge in [0.05, 0.1) is 28.9 Å². The summed E-state index contributed by atoms with van der Waals surface area (Å²) < 4.78 is 93.4. The Balaban J connectivity index is 1.99. The molecule has 2 aromatic rings. The van der Waals surface area contributed by atoms with Crippen LogP contribution in [-0.4, -0.2) is 40.2 Å². The van der Waals surface area contributed by atoms with Crippen molar-refractivity contribution in [2.45, 2.75) is 35.3 Å². The first-order valence-electron chi connectivity index (χ1n) is 11.1. The number of alkyl halides is 8. The van der Waals surface area contributed by atoms with Crippen LogP contribution in [0.4, 0.5) is 36.4 Å². The minimum Gasteiger partial charge on any atom is -0.342 e. The Morgan fingerprint density at radius 2 is 1.61 bits per heavy atom. The number of carbonyl (C=O) groups excluding carboxylic acids is 2. The molecule has 0 bridgehead atoms. The van der Waals surface area contributed by atoms with Gasteiger partial charge >= 0.3 is 18.0 Å². The second-order valence-electron chi connectivity index (χ2n) is 8.71. The van der Waals surface area contributed by atoms with E-state index < -0.39 is 50.8 Å². The van der Waals surface area contributed by atoms with Gasteiger partial charge in [0, 0.05) is 16.2 Å². The van der Waals surface area contributed by atoms with E-state index in [0.717, 1.165) is 24.3 Å². The van der Waals surface area contributed by atoms with Crippen LogP contribution in [0, 0.1) is 29.6 Å². The molecule has 0 heterocycles. The van der Waals surface area contributed by atoms with Crippen LogP contribution in [0.15, 0.2) is 59.7 Å². The lowest BCUT2D eigenvalue weighted by atomic mass is 9.79. The van der Waals surface area contributed by atoms with Crippen molar-refractivity contribution in [1.29, 1.82) is 10.5 Å². The van der Waals surface area contributed by atoms with Crippen LogP contribution in [-0.2, 0) is 0 Å². The molecular weight excluding hydrogens is 649 g/mol. The van der Waals surface area contributed by atoms with Gasteiger partial charge < -0.3 is 10.6 Å². The number of rotatable bonds is 5. The van der Waals surface area contributed by atoms with Gasteiger partial charge in [-0.3, -0.25) is 9.59 Å². The topological polar surface area (TPSA) is 106 Å². The number of hydrogen-bond donors (Lipinski definition) is 2. The molecule has 0 spiro atoms. The molecule has 3 rings (SSSR count). The van der Waals surface area contributed by atoms with Crippen LogP contribution in [0.5, 0.6) is 0 Å². The molecule has 0 radical (unpaired) electrons. The van der Waals surface area contributed by atoms with Crippen molar-refractivity contribution in [3.8, 4) is 12.1 Å². The van der Waals surface area contributed by atoms with Gasteiger partial charge in [-0.05, 0) is 55.0 Å². The van der Waals surface area contributed by atoms with Crippen molar-refractivity contribution in [2.24, 2.45) is 0 Å². The summed E-state index contributed by atoms with van der Waals surface area (Å²) in [5, 5.41) is 22.0. The molecule has 0 saturated carbocycles. The smallest absolute Gasteiger partial charge is 0.342 e. The fourth-order valence-electron chi connectivity index (χ4n) is 4.03. The van der Waals surface area contributed by atoms with E-state index in [9.17, 15) is 41.2 Å². The van der Waals surface area contributed by atoms with Crippen LogP contribution in [0.25, 0.3) is 0 Å². The van der Waals surface area contributed by atoms with Gasteiger partial charge in [-0.15, -0.1) is 0 Å². The van der Waals surface area contributed by atoms with E-state index >= 15 is 4.39 Å². The number of nitrogens with one attached hydrogen (secondary N) is 2. The molecule has 2 aromatic carbocycles. The lowest BCUT2D eigenvalue weighted by Crippen LogP contribution is -2.71. The zero-order valence-electron chi connectivity index (χ0n) is 20.4. The van der Waals surface area contributed by atoms with E-state index in [1.807, 2.05) is 11.4 Å². The van der Waals surface area contributed by atoms with Gasteiger partial charge in [-0.1, -0.05) is 39.7 Å². The summed E-state index contributed by atoms with van der Waals surface area (Å²) >= 11 is 8.15. The molecule has 0 aliphatic heterocycles. The Hall–Kier alpha value is -3.88. The quantitative estimate of drug-likeness (QED) is 0.273. The SMILES string of the molecule is Cc1cc(C#N)ccc1C(=O)Nc1cc(C(=O)NC2C(Cl)=CC=CC2(Br)C(F)(C(F)(F)F)C(F)(F)F)ccc1C#N. The highest BCUT2D eigenvalue weighted by molar-refractivity contribution is 9.10. The molecule has 0 fully saturated rings. The minimum absolute atomic E-state index is 0.108. The number of anilines is 1. The van der Waals surface area contributed by atoms with E-state index in [2.05, 4.69) is 21.2 Å². The molecule has 0 saturated heterocycles. The summed E-state index contributed by atoms with van der Waals surface area (Å²) in [6.07, 6.45) is -11.2. The average molecular weight is 664 g/mol. The fraction of sp³-hybridized carbons (Fsp3) is 0.231. The first kappa shape index (κ1) is 31.6. The second-order valence-corrected chi connectivity index (χ2v) is 10.5. The highest BCUT2D eigenvalue weighted by Crippen LogP contribution is 2.59. The lowest BCUT2D eigenvalue weighted by molar-refractivity contribution is -0.348. The van der Waals surface area contributed by atoms with Crippen molar-refractivity contribution in [2.75, 3.05) is 5.32 Å². The minimum atomic E-state index is -6.49. The maximum atomic E-state index is 15.2. The van der Waals surface area contributed by atoms with Crippen molar-refractivity contribution in [1.82, 2.24) is 5.32 Å². The number of nitrogens with zero attached hydrogens (tertiary/aromatic N) is 2. The number of aryl methyl sites for hydroxylation is 1. The standard InChI is InChI=1S/C26H15BrClF7N4O2/c1-13-9-14(11-36)4-7-17(13)22(41)38-19-10-15(5-6-16(19)12-37)21(40)39-20-18(28)3-2-8-23(20,27)24(29,25(30,31)32)26(33,34)35/h2-10,20H,1H3,(H,38,41)(H,39,40). The average Bonchev–Trinajstić information content (AvgIpc) is 2.88. The zero-order chi connectivity index (χ0) is 31.0. The van der Waals surface area contributed by atoms with E-state index in [-0.39, 0.29) is 28.5 Å². The molecular formula is C26H15BrClF7N4O2. The molecule has 1 aliphatic rings. The van der Waals surface area contributed by atoms with E-state index in [1.165, 1.54) is 18.2 Å². The van der Waals surface area contributed by atoms with E-state index in [0.29, 0.717) is 11.6 Å². The van der Waals surface area contributed by atoms with Crippen molar-refractivity contribution in [3.05, 3.63) is 87.5 Å². The number of amides is 2. The van der Waals surface area contributed by atoms with E-state index in [4.69, 9.17) is 16.9 Å². The third-order valence-corrected chi connectivity index (χ3v) is 7.74.